The Kier molecular flexibility index (Phi) is 8.72. The maximum atomic E-state index is 12.6. The van der Waals surface area contributed by atoms with Gasteiger partial charge in [-0.05, 0) is 40.8 Å². The molecule has 2 N–H and O–H groups in total. The van der Waals surface area contributed by atoms with Crippen molar-refractivity contribution >= 4 is 12.1 Å². The molecule has 0 saturated carbocycles. The average molecular weight is 502 g/mol. The lowest BCUT2D eigenvalue weighted by molar-refractivity contribution is -0.137. The molecular weight excluding hydrogens is 470 g/mol. The topological polar surface area (TPSA) is 94.1 Å². The second-order valence-electron chi connectivity index (χ2n) is 8.91. The van der Waals surface area contributed by atoms with Crippen LogP contribution in [0.5, 0.6) is 0 Å². The molecule has 0 spiro atoms. The molecule has 0 radical (unpaired) electrons. The van der Waals surface area contributed by atoms with Crippen LogP contribution in [-0.4, -0.2) is 49.6 Å². The van der Waals surface area contributed by atoms with E-state index < -0.39 is 24.2 Å². The Hall–Kier alpha value is -3.94. The average Bonchev–Trinajstić information content (AvgIpc) is 3.25. The third-order valence-electron chi connectivity index (χ3n) is 6.39. The first kappa shape index (κ1) is 26.1. The van der Waals surface area contributed by atoms with E-state index in [2.05, 4.69) is 17.4 Å². The van der Waals surface area contributed by atoms with Crippen molar-refractivity contribution in [2.24, 2.45) is 0 Å². The van der Waals surface area contributed by atoms with Gasteiger partial charge in [0.1, 0.15) is 6.61 Å². The van der Waals surface area contributed by atoms with E-state index in [-0.39, 0.29) is 24.7 Å². The maximum Gasteiger partial charge on any atom is 0.407 e. The molecule has 0 fully saturated rings. The highest BCUT2D eigenvalue weighted by Crippen LogP contribution is 2.44. The molecule has 1 aliphatic carbocycles. The minimum absolute atomic E-state index is 0.0453. The number of ether oxygens (including phenoxy) is 3. The van der Waals surface area contributed by atoms with Crippen LogP contribution < -0.4 is 5.32 Å². The molecular formula is C30H31NO6. The molecule has 0 heterocycles. The summed E-state index contributed by atoms with van der Waals surface area (Å²) in [6, 6.07) is 25.0. The Morgan fingerprint density at radius 2 is 1.54 bits per heavy atom. The summed E-state index contributed by atoms with van der Waals surface area (Å²) >= 11 is 0. The van der Waals surface area contributed by atoms with E-state index in [1.165, 1.54) is 13.2 Å². The van der Waals surface area contributed by atoms with Gasteiger partial charge in [-0.15, -0.1) is 0 Å². The third kappa shape index (κ3) is 6.44. The highest BCUT2D eigenvalue weighted by molar-refractivity contribution is 5.88. The van der Waals surface area contributed by atoms with E-state index in [0.717, 1.165) is 27.8 Å². The van der Waals surface area contributed by atoms with Crippen LogP contribution in [0.1, 0.15) is 29.5 Å². The first-order valence-corrected chi connectivity index (χ1v) is 12.2. The van der Waals surface area contributed by atoms with Crippen molar-refractivity contribution < 1.29 is 28.9 Å². The number of hydrogen-bond acceptors (Lipinski definition) is 6. The summed E-state index contributed by atoms with van der Waals surface area (Å²) < 4.78 is 16.0. The smallest absolute Gasteiger partial charge is 0.407 e. The Morgan fingerprint density at radius 1 is 0.946 bits per heavy atom. The molecule has 0 saturated heterocycles. The van der Waals surface area contributed by atoms with Gasteiger partial charge in [0.2, 0.25) is 0 Å². The summed E-state index contributed by atoms with van der Waals surface area (Å²) in [7, 11) is 1.26. The first-order valence-electron chi connectivity index (χ1n) is 12.2. The number of fused-ring (bicyclic) bond motifs is 3. The fourth-order valence-electron chi connectivity index (χ4n) is 4.42. The maximum absolute atomic E-state index is 12.6. The highest BCUT2D eigenvalue weighted by atomic mass is 16.5. The number of carbonyl (C=O) groups is 2. The van der Waals surface area contributed by atoms with Crippen LogP contribution in [0.4, 0.5) is 4.79 Å². The first-order chi connectivity index (χ1) is 18.0. The number of esters is 1. The molecule has 1 aliphatic rings. The standard InChI is InChI=1S/C30H31NO6/c1-20(28(32)16-22(29(33)35-2)18-36-17-21-10-4-3-5-11-21)31-30(34)37-19-27-25-14-8-6-12-23(25)24-13-7-9-15-26(24)27/h3-16,20,27-28,32H,17-19H2,1-2H3,(H,31,34)/b22-16+/t20-,28-/m0/s1. The summed E-state index contributed by atoms with van der Waals surface area (Å²) in [5.74, 6) is -0.675. The van der Waals surface area contributed by atoms with Crippen molar-refractivity contribution in [2.75, 3.05) is 20.3 Å². The fourth-order valence-corrected chi connectivity index (χ4v) is 4.42. The molecule has 4 rings (SSSR count). The predicted molar refractivity (Wildman–Crippen MR) is 140 cm³/mol. The van der Waals surface area contributed by atoms with Crippen LogP contribution in [-0.2, 0) is 25.6 Å². The molecule has 2 atom stereocenters. The van der Waals surface area contributed by atoms with Gasteiger partial charge in [-0.3, -0.25) is 0 Å². The molecule has 0 unspecified atom stereocenters. The van der Waals surface area contributed by atoms with Crippen molar-refractivity contribution in [3.05, 3.63) is 107 Å². The molecule has 0 bridgehead atoms. The van der Waals surface area contributed by atoms with E-state index in [1.807, 2.05) is 66.7 Å². The fraction of sp³-hybridized carbons (Fsp3) is 0.267. The lowest BCUT2D eigenvalue weighted by Crippen LogP contribution is -2.41. The summed E-state index contributed by atoms with van der Waals surface area (Å²) in [6.45, 7) is 2.05. The number of methoxy groups -OCH3 is 1. The molecule has 3 aromatic carbocycles. The van der Waals surface area contributed by atoms with Crippen molar-refractivity contribution in [3.8, 4) is 11.1 Å². The molecule has 0 aliphatic heterocycles. The zero-order chi connectivity index (χ0) is 26.2. The van der Waals surface area contributed by atoms with Crippen LogP contribution >= 0.6 is 0 Å². The predicted octanol–water partition coefficient (Wildman–Crippen LogP) is 4.59. The van der Waals surface area contributed by atoms with E-state index >= 15 is 0 Å². The van der Waals surface area contributed by atoms with Crippen LogP contribution in [0.3, 0.4) is 0 Å². The number of aliphatic hydroxyl groups is 1. The number of nitrogens with one attached hydrogen (secondary N) is 1. The minimum atomic E-state index is -1.16. The van der Waals surface area contributed by atoms with Gasteiger partial charge in [0.25, 0.3) is 0 Å². The minimum Gasteiger partial charge on any atom is -0.466 e. The lowest BCUT2D eigenvalue weighted by Gasteiger charge is -2.20. The summed E-state index contributed by atoms with van der Waals surface area (Å²) in [5.41, 5.74) is 5.64. The van der Waals surface area contributed by atoms with Crippen molar-refractivity contribution in [1.29, 1.82) is 0 Å². The number of alkyl carbamates (subject to hydrolysis) is 1. The number of amides is 1. The summed E-state index contributed by atoms with van der Waals surface area (Å²) in [5, 5.41) is 13.3. The Balaban J connectivity index is 1.33. The van der Waals surface area contributed by atoms with Crippen molar-refractivity contribution in [1.82, 2.24) is 5.32 Å². The molecule has 7 heteroatoms. The molecule has 1 amide bonds. The molecule has 0 aromatic heterocycles. The molecule has 3 aromatic rings. The molecule has 192 valence electrons. The largest absolute Gasteiger partial charge is 0.466 e. The van der Waals surface area contributed by atoms with Gasteiger partial charge in [0.05, 0.1) is 38.0 Å². The van der Waals surface area contributed by atoms with Gasteiger partial charge in [-0.2, -0.15) is 0 Å². The number of rotatable bonds is 10. The Bertz CT molecular complexity index is 1210. The summed E-state index contributed by atoms with van der Waals surface area (Å²) in [6.07, 6.45) is -0.470. The van der Waals surface area contributed by atoms with E-state index in [0.29, 0.717) is 6.61 Å². The van der Waals surface area contributed by atoms with Gasteiger partial charge in [0, 0.05) is 5.92 Å². The second kappa shape index (κ2) is 12.3. The number of benzene rings is 3. The van der Waals surface area contributed by atoms with E-state index in [1.54, 1.807) is 6.92 Å². The zero-order valence-corrected chi connectivity index (χ0v) is 20.9. The van der Waals surface area contributed by atoms with Crippen LogP contribution in [0.25, 0.3) is 11.1 Å². The lowest BCUT2D eigenvalue weighted by atomic mass is 9.98. The normalized spacial score (nSPS) is 14.3. The van der Waals surface area contributed by atoms with Crippen molar-refractivity contribution in [3.63, 3.8) is 0 Å². The van der Waals surface area contributed by atoms with E-state index in [9.17, 15) is 14.7 Å². The zero-order valence-electron chi connectivity index (χ0n) is 20.9. The number of hydrogen-bond donors (Lipinski definition) is 2. The van der Waals surface area contributed by atoms with Gasteiger partial charge < -0.3 is 24.6 Å². The van der Waals surface area contributed by atoms with Crippen LogP contribution in [0.15, 0.2) is 90.5 Å². The van der Waals surface area contributed by atoms with Gasteiger partial charge in [-0.25, -0.2) is 9.59 Å². The molecule has 7 nitrogen and oxygen atoms in total. The van der Waals surface area contributed by atoms with Gasteiger partial charge >= 0.3 is 12.1 Å². The summed E-state index contributed by atoms with van der Waals surface area (Å²) in [4.78, 5) is 24.8. The second-order valence-corrected chi connectivity index (χ2v) is 8.91. The van der Waals surface area contributed by atoms with Gasteiger partial charge in [-0.1, -0.05) is 78.9 Å². The SMILES string of the molecule is COC(=O)/C(=C/[C@H](O)[C@H](C)NC(=O)OCC1c2ccccc2-c2ccccc21)COCc1ccccc1. The highest BCUT2D eigenvalue weighted by Gasteiger charge is 2.29. The molecule has 37 heavy (non-hydrogen) atoms. The Labute approximate surface area is 216 Å². The number of carbonyl (C=O) groups excluding carboxylic acids is 2. The number of aliphatic hydroxyl groups excluding tert-OH is 1. The monoisotopic (exact) mass is 501 g/mol. The van der Waals surface area contributed by atoms with Crippen LogP contribution in [0, 0.1) is 0 Å². The Morgan fingerprint density at radius 3 is 2.16 bits per heavy atom. The van der Waals surface area contributed by atoms with Crippen molar-refractivity contribution in [2.45, 2.75) is 31.6 Å². The van der Waals surface area contributed by atoms with Crippen LogP contribution in [0.2, 0.25) is 0 Å². The van der Waals surface area contributed by atoms with E-state index in [4.69, 9.17) is 14.2 Å². The quantitative estimate of drug-likeness (QED) is 0.312. The third-order valence-corrected chi connectivity index (χ3v) is 6.39. The van der Waals surface area contributed by atoms with Gasteiger partial charge in [0.15, 0.2) is 0 Å².